The van der Waals surface area contributed by atoms with Crippen molar-refractivity contribution in [3.63, 3.8) is 0 Å². The Hall–Kier alpha value is -0.820. The third-order valence-corrected chi connectivity index (χ3v) is 4.60. The molecule has 2 fully saturated rings. The fourth-order valence-electron chi connectivity index (χ4n) is 3.35. The summed E-state index contributed by atoms with van der Waals surface area (Å²) in [6.45, 7) is 2.64. The molecule has 1 amide bonds. The van der Waals surface area contributed by atoms with Crippen LogP contribution in [-0.2, 0) is 16.1 Å². The molecule has 2 aliphatic rings. The predicted molar refractivity (Wildman–Crippen MR) is 93.0 cm³/mol. The van der Waals surface area contributed by atoms with Crippen LogP contribution >= 0.6 is 24.8 Å². The molecule has 8 heteroatoms. The second kappa shape index (κ2) is 9.47. The summed E-state index contributed by atoms with van der Waals surface area (Å²) < 4.78 is 7.60. The van der Waals surface area contributed by atoms with Gasteiger partial charge in [-0.25, -0.2) is 0 Å². The van der Waals surface area contributed by atoms with E-state index in [1.54, 1.807) is 6.20 Å². The fraction of sp³-hybridized carbons (Fsp3) is 0.733. The van der Waals surface area contributed by atoms with E-state index in [0.717, 1.165) is 19.3 Å². The first kappa shape index (κ1) is 20.2. The zero-order chi connectivity index (χ0) is 14.7. The summed E-state index contributed by atoms with van der Waals surface area (Å²) in [6, 6.07) is 2.10. The van der Waals surface area contributed by atoms with Crippen molar-refractivity contribution in [1.82, 2.24) is 14.7 Å². The Kier molecular flexibility index (Phi) is 8.33. The van der Waals surface area contributed by atoms with Crippen molar-refractivity contribution in [3.05, 3.63) is 18.5 Å². The van der Waals surface area contributed by atoms with Gasteiger partial charge in [0.15, 0.2) is 0 Å². The zero-order valence-corrected chi connectivity index (χ0v) is 14.8. The molecule has 1 aromatic rings. The van der Waals surface area contributed by atoms with E-state index in [9.17, 15) is 4.79 Å². The van der Waals surface area contributed by atoms with Gasteiger partial charge in [0.25, 0.3) is 0 Å². The molecule has 1 saturated heterocycles. The number of halogens is 2. The maximum atomic E-state index is 12.4. The molecular weight excluding hydrogens is 339 g/mol. The Morgan fingerprint density at radius 3 is 2.83 bits per heavy atom. The van der Waals surface area contributed by atoms with Crippen molar-refractivity contribution in [2.75, 3.05) is 19.7 Å². The van der Waals surface area contributed by atoms with Crippen molar-refractivity contribution in [1.29, 1.82) is 0 Å². The van der Waals surface area contributed by atoms with Gasteiger partial charge in [-0.15, -0.1) is 24.8 Å². The van der Waals surface area contributed by atoms with Gasteiger partial charge in [-0.1, -0.05) is 6.42 Å². The number of morpholine rings is 1. The van der Waals surface area contributed by atoms with E-state index >= 15 is 0 Å². The lowest BCUT2D eigenvalue weighted by molar-refractivity contribution is -0.140. The van der Waals surface area contributed by atoms with E-state index in [0.29, 0.717) is 38.6 Å². The van der Waals surface area contributed by atoms with Crippen LogP contribution in [0.1, 0.15) is 25.7 Å². The third-order valence-electron chi connectivity index (χ3n) is 4.60. The fourth-order valence-corrected chi connectivity index (χ4v) is 3.35. The molecule has 2 heterocycles. The molecule has 0 radical (unpaired) electrons. The average molecular weight is 365 g/mol. The third kappa shape index (κ3) is 5.35. The van der Waals surface area contributed by atoms with Crippen LogP contribution in [0.5, 0.6) is 0 Å². The largest absolute Gasteiger partial charge is 0.373 e. The minimum Gasteiger partial charge on any atom is -0.373 e. The first-order valence-corrected chi connectivity index (χ1v) is 7.85. The van der Waals surface area contributed by atoms with Crippen LogP contribution in [0.2, 0.25) is 0 Å². The number of hydrogen-bond donors (Lipinski definition) is 1. The smallest absolute Gasteiger partial charge is 0.223 e. The van der Waals surface area contributed by atoms with Gasteiger partial charge in [0.2, 0.25) is 5.91 Å². The number of hydrogen-bond acceptors (Lipinski definition) is 4. The Morgan fingerprint density at radius 2 is 2.17 bits per heavy atom. The van der Waals surface area contributed by atoms with Crippen LogP contribution in [0.25, 0.3) is 0 Å². The van der Waals surface area contributed by atoms with Crippen LogP contribution in [0.3, 0.4) is 0 Å². The summed E-state index contributed by atoms with van der Waals surface area (Å²) in [7, 11) is 0. The number of carbonyl (C=O) groups excluding carboxylic acids is 1. The molecule has 0 aromatic carbocycles. The molecule has 23 heavy (non-hydrogen) atoms. The molecule has 6 nitrogen and oxygen atoms in total. The molecule has 1 unspecified atom stereocenters. The molecule has 1 aliphatic carbocycles. The van der Waals surface area contributed by atoms with Crippen molar-refractivity contribution in [2.24, 2.45) is 11.7 Å². The van der Waals surface area contributed by atoms with Crippen molar-refractivity contribution in [2.45, 2.75) is 44.4 Å². The molecular formula is C15H26Cl2N4O2. The number of rotatable bonds is 4. The second-order valence-corrected chi connectivity index (χ2v) is 6.12. The standard InChI is InChI=1S/C15H24N4O2.2ClH/c16-14-4-1-3-12(14)9-15(20)18-7-8-21-13(10-18)11-19-6-2-5-17-19;;/h2,5-6,12-14H,1,3-4,7-11,16H2;2*1H/t12-,13?,14+;;/m0../s1. The maximum Gasteiger partial charge on any atom is 0.223 e. The Balaban J connectivity index is 0.00000132. The molecule has 3 rings (SSSR count). The van der Waals surface area contributed by atoms with Crippen LogP contribution in [0.15, 0.2) is 18.5 Å². The first-order chi connectivity index (χ1) is 10.2. The van der Waals surface area contributed by atoms with E-state index < -0.39 is 0 Å². The topological polar surface area (TPSA) is 73.4 Å². The summed E-state index contributed by atoms with van der Waals surface area (Å²) >= 11 is 0. The van der Waals surface area contributed by atoms with Crippen LogP contribution in [0, 0.1) is 5.92 Å². The Bertz CT molecular complexity index is 472. The number of aromatic nitrogens is 2. The van der Waals surface area contributed by atoms with Crippen molar-refractivity contribution in [3.8, 4) is 0 Å². The quantitative estimate of drug-likeness (QED) is 0.877. The average Bonchev–Trinajstić information content (AvgIpc) is 3.12. The zero-order valence-electron chi connectivity index (χ0n) is 13.2. The number of nitrogens with two attached hydrogens (primary N) is 1. The van der Waals surface area contributed by atoms with Gasteiger partial charge in [-0.3, -0.25) is 9.48 Å². The molecule has 1 aromatic heterocycles. The summed E-state index contributed by atoms with van der Waals surface area (Å²) in [5.41, 5.74) is 6.07. The Morgan fingerprint density at radius 1 is 1.35 bits per heavy atom. The monoisotopic (exact) mass is 364 g/mol. The van der Waals surface area contributed by atoms with E-state index in [1.165, 1.54) is 0 Å². The molecule has 132 valence electrons. The molecule has 1 aliphatic heterocycles. The number of amides is 1. The summed E-state index contributed by atoms with van der Waals surface area (Å²) in [4.78, 5) is 14.4. The molecule has 2 N–H and O–H groups in total. The van der Waals surface area contributed by atoms with Gasteiger partial charge in [-0.2, -0.15) is 5.10 Å². The van der Waals surface area contributed by atoms with Crippen molar-refractivity contribution >= 4 is 30.7 Å². The highest BCUT2D eigenvalue weighted by molar-refractivity contribution is 5.85. The first-order valence-electron chi connectivity index (χ1n) is 7.85. The van der Waals surface area contributed by atoms with Gasteiger partial charge in [0.05, 0.1) is 19.3 Å². The lowest BCUT2D eigenvalue weighted by Gasteiger charge is -2.33. The van der Waals surface area contributed by atoms with Gasteiger partial charge in [0, 0.05) is 37.9 Å². The van der Waals surface area contributed by atoms with Gasteiger partial charge >= 0.3 is 0 Å². The second-order valence-electron chi connectivity index (χ2n) is 6.12. The molecule has 0 bridgehead atoms. The van der Waals surface area contributed by atoms with Crippen LogP contribution < -0.4 is 5.73 Å². The minimum absolute atomic E-state index is 0. The number of ether oxygens (including phenoxy) is 1. The Labute approximate surface area is 149 Å². The molecule has 3 atom stereocenters. The number of nitrogens with zero attached hydrogens (tertiary/aromatic N) is 3. The maximum absolute atomic E-state index is 12.4. The summed E-state index contributed by atoms with van der Waals surface area (Å²) in [5, 5.41) is 4.19. The van der Waals surface area contributed by atoms with Gasteiger partial charge < -0.3 is 15.4 Å². The van der Waals surface area contributed by atoms with E-state index in [2.05, 4.69) is 5.10 Å². The highest BCUT2D eigenvalue weighted by Gasteiger charge is 2.30. The summed E-state index contributed by atoms with van der Waals surface area (Å²) in [5.74, 6) is 0.594. The lowest BCUT2D eigenvalue weighted by atomic mass is 9.99. The number of carbonyl (C=O) groups is 1. The highest BCUT2D eigenvalue weighted by Crippen LogP contribution is 2.27. The van der Waals surface area contributed by atoms with Crippen LogP contribution in [-0.4, -0.2) is 52.4 Å². The van der Waals surface area contributed by atoms with E-state index in [-0.39, 0.29) is 42.9 Å². The summed E-state index contributed by atoms with van der Waals surface area (Å²) in [6.07, 6.45) is 7.60. The predicted octanol–water partition coefficient (Wildman–Crippen LogP) is 1.47. The van der Waals surface area contributed by atoms with E-state index in [4.69, 9.17) is 10.5 Å². The van der Waals surface area contributed by atoms with Gasteiger partial charge in [-0.05, 0) is 24.8 Å². The minimum atomic E-state index is 0. The van der Waals surface area contributed by atoms with Crippen LogP contribution in [0.4, 0.5) is 0 Å². The highest BCUT2D eigenvalue weighted by atomic mass is 35.5. The SMILES string of the molecule is Cl.Cl.N[C@@H]1CCC[C@H]1CC(=O)N1CCOC(Cn2cccn2)C1. The van der Waals surface area contributed by atoms with Crippen molar-refractivity contribution < 1.29 is 9.53 Å². The lowest BCUT2D eigenvalue weighted by Crippen LogP contribution is -2.47. The molecule has 0 spiro atoms. The van der Waals surface area contributed by atoms with E-state index in [1.807, 2.05) is 21.8 Å². The normalized spacial score (nSPS) is 27.2. The van der Waals surface area contributed by atoms with Gasteiger partial charge in [0.1, 0.15) is 0 Å². The molecule has 1 saturated carbocycles.